The first kappa shape index (κ1) is 18.4. The molecule has 6 heteroatoms. The lowest BCUT2D eigenvalue weighted by atomic mass is 10.1. The molecule has 30 heavy (non-hydrogen) atoms. The van der Waals surface area contributed by atoms with Gasteiger partial charge in [-0.1, -0.05) is 30.3 Å². The van der Waals surface area contributed by atoms with E-state index in [1.54, 1.807) is 18.4 Å². The molecular weight excluding hydrogens is 378 g/mol. The molecule has 0 saturated heterocycles. The van der Waals surface area contributed by atoms with E-state index < -0.39 is 0 Å². The molecule has 0 bridgehead atoms. The summed E-state index contributed by atoms with van der Waals surface area (Å²) in [6.45, 7) is 2.20. The Hall–Kier alpha value is -3.64. The molecule has 1 N–H and O–H groups in total. The average molecular weight is 399 g/mol. The van der Waals surface area contributed by atoms with Crippen LogP contribution in [0.4, 0.5) is 0 Å². The van der Waals surface area contributed by atoms with E-state index in [9.17, 15) is 4.79 Å². The number of benzene rings is 2. The fourth-order valence-corrected chi connectivity index (χ4v) is 3.69. The normalized spacial score (nSPS) is 13.7. The van der Waals surface area contributed by atoms with Gasteiger partial charge < -0.3 is 14.1 Å². The van der Waals surface area contributed by atoms with E-state index in [0.717, 1.165) is 42.3 Å². The summed E-state index contributed by atoms with van der Waals surface area (Å²) < 4.78 is 11.2. The molecule has 4 aromatic rings. The van der Waals surface area contributed by atoms with Crippen LogP contribution in [0.2, 0.25) is 0 Å². The van der Waals surface area contributed by atoms with Gasteiger partial charge in [0, 0.05) is 26.1 Å². The lowest BCUT2D eigenvalue weighted by molar-refractivity contribution is 0.241. The average Bonchev–Trinajstić information content (AvgIpc) is 3.31. The number of para-hydroxylation sites is 1. The second-order valence-electron chi connectivity index (χ2n) is 7.34. The molecule has 0 saturated carbocycles. The minimum Gasteiger partial charge on any atom is -0.461 e. The van der Waals surface area contributed by atoms with Crippen LogP contribution in [0.3, 0.4) is 0 Å². The summed E-state index contributed by atoms with van der Waals surface area (Å²) in [4.78, 5) is 22.3. The second kappa shape index (κ2) is 8.00. The van der Waals surface area contributed by atoms with Crippen LogP contribution in [-0.4, -0.2) is 21.4 Å². The minimum absolute atomic E-state index is 0.0947. The number of hydrogen-bond donors (Lipinski definition) is 1. The van der Waals surface area contributed by atoms with Crippen molar-refractivity contribution in [2.45, 2.75) is 19.5 Å². The molecule has 3 heterocycles. The van der Waals surface area contributed by atoms with Gasteiger partial charge in [0.05, 0.1) is 17.5 Å². The highest BCUT2D eigenvalue weighted by atomic mass is 16.5. The predicted octanol–water partition coefficient (Wildman–Crippen LogP) is 4.38. The number of ether oxygens (including phenoxy) is 1. The van der Waals surface area contributed by atoms with Crippen molar-refractivity contribution in [1.82, 2.24) is 14.9 Å². The minimum atomic E-state index is -0.0947. The molecule has 150 valence electrons. The van der Waals surface area contributed by atoms with Crippen LogP contribution in [0.15, 0.2) is 82.2 Å². The highest BCUT2D eigenvalue weighted by molar-refractivity contribution is 5.47. The number of nitrogens with zero attached hydrogens (tertiary/aromatic N) is 2. The number of nitrogens with one attached hydrogen (secondary N) is 1. The number of H-pyrrole nitrogens is 1. The molecule has 0 atom stereocenters. The SMILES string of the molecule is O=c1[nH]c(-c2ccco2)nc2c1CN(Cc1ccc(Oc3ccccc3)cc1)CC2. The first-order chi connectivity index (χ1) is 14.7. The second-order valence-corrected chi connectivity index (χ2v) is 7.34. The van der Waals surface area contributed by atoms with Gasteiger partial charge in [0.1, 0.15) is 11.5 Å². The summed E-state index contributed by atoms with van der Waals surface area (Å²) in [5.74, 6) is 2.69. The molecule has 0 spiro atoms. The van der Waals surface area contributed by atoms with Crippen molar-refractivity contribution in [3.8, 4) is 23.1 Å². The maximum Gasteiger partial charge on any atom is 0.256 e. The molecule has 0 radical (unpaired) electrons. The quantitative estimate of drug-likeness (QED) is 0.539. The third kappa shape index (κ3) is 3.90. The number of hydrogen-bond acceptors (Lipinski definition) is 5. The predicted molar refractivity (Wildman–Crippen MR) is 113 cm³/mol. The monoisotopic (exact) mass is 399 g/mol. The fraction of sp³-hybridized carbons (Fsp3) is 0.167. The first-order valence-corrected chi connectivity index (χ1v) is 9.95. The molecule has 2 aromatic carbocycles. The van der Waals surface area contributed by atoms with Crippen LogP contribution < -0.4 is 10.3 Å². The van der Waals surface area contributed by atoms with Gasteiger partial charge in [-0.25, -0.2) is 4.98 Å². The van der Waals surface area contributed by atoms with Crippen LogP contribution in [0, 0.1) is 0 Å². The van der Waals surface area contributed by atoms with Crippen LogP contribution in [0.25, 0.3) is 11.6 Å². The summed E-state index contributed by atoms with van der Waals surface area (Å²) in [5, 5.41) is 0. The highest BCUT2D eigenvalue weighted by Gasteiger charge is 2.22. The number of fused-ring (bicyclic) bond motifs is 1. The zero-order valence-corrected chi connectivity index (χ0v) is 16.4. The molecule has 0 aliphatic carbocycles. The van der Waals surface area contributed by atoms with Gasteiger partial charge in [-0.05, 0) is 42.0 Å². The van der Waals surface area contributed by atoms with Gasteiger partial charge in [-0.2, -0.15) is 0 Å². The molecule has 6 nitrogen and oxygen atoms in total. The van der Waals surface area contributed by atoms with Crippen LogP contribution in [0.5, 0.6) is 11.5 Å². The number of aromatic amines is 1. The van der Waals surface area contributed by atoms with Crippen molar-refractivity contribution in [2.24, 2.45) is 0 Å². The van der Waals surface area contributed by atoms with E-state index in [4.69, 9.17) is 9.15 Å². The van der Waals surface area contributed by atoms with Gasteiger partial charge in [-0.3, -0.25) is 9.69 Å². The van der Waals surface area contributed by atoms with Crippen molar-refractivity contribution in [3.05, 3.63) is 100 Å². The van der Waals surface area contributed by atoms with E-state index in [1.165, 1.54) is 5.56 Å². The number of furan rings is 1. The third-order valence-electron chi connectivity index (χ3n) is 5.21. The molecule has 0 fully saturated rings. The lowest BCUT2D eigenvalue weighted by Gasteiger charge is -2.27. The molecule has 2 aromatic heterocycles. The van der Waals surface area contributed by atoms with Crippen molar-refractivity contribution in [3.63, 3.8) is 0 Å². The van der Waals surface area contributed by atoms with E-state index in [0.29, 0.717) is 18.1 Å². The molecule has 5 rings (SSSR count). The Labute approximate surface area is 173 Å². The Morgan fingerprint density at radius 3 is 2.57 bits per heavy atom. The lowest BCUT2D eigenvalue weighted by Crippen LogP contribution is -2.35. The van der Waals surface area contributed by atoms with Gasteiger partial charge in [0.15, 0.2) is 11.6 Å². The molecular formula is C24H21N3O3. The Morgan fingerprint density at radius 1 is 1.00 bits per heavy atom. The van der Waals surface area contributed by atoms with E-state index >= 15 is 0 Å². The van der Waals surface area contributed by atoms with Crippen LogP contribution in [0.1, 0.15) is 16.8 Å². The topological polar surface area (TPSA) is 71.4 Å². The first-order valence-electron chi connectivity index (χ1n) is 9.95. The zero-order chi connectivity index (χ0) is 20.3. The molecule has 1 aliphatic rings. The van der Waals surface area contributed by atoms with Gasteiger partial charge in [-0.15, -0.1) is 0 Å². The smallest absolute Gasteiger partial charge is 0.256 e. The van der Waals surface area contributed by atoms with Crippen molar-refractivity contribution < 1.29 is 9.15 Å². The summed E-state index contributed by atoms with van der Waals surface area (Å²) >= 11 is 0. The molecule has 1 aliphatic heterocycles. The summed E-state index contributed by atoms with van der Waals surface area (Å²) in [7, 11) is 0. The summed E-state index contributed by atoms with van der Waals surface area (Å²) in [6, 6.07) is 21.4. The Balaban J connectivity index is 1.27. The van der Waals surface area contributed by atoms with Crippen molar-refractivity contribution in [2.75, 3.05) is 6.54 Å². The summed E-state index contributed by atoms with van der Waals surface area (Å²) in [5.41, 5.74) is 2.67. The van der Waals surface area contributed by atoms with Gasteiger partial charge in [0.25, 0.3) is 5.56 Å². The third-order valence-corrected chi connectivity index (χ3v) is 5.21. The number of aromatic nitrogens is 2. The number of rotatable bonds is 5. The molecule has 0 amide bonds. The van der Waals surface area contributed by atoms with Crippen molar-refractivity contribution >= 4 is 0 Å². The maximum atomic E-state index is 12.6. The fourth-order valence-electron chi connectivity index (χ4n) is 3.69. The van der Waals surface area contributed by atoms with Gasteiger partial charge in [0.2, 0.25) is 0 Å². The van der Waals surface area contributed by atoms with Crippen LogP contribution >= 0.6 is 0 Å². The van der Waals surface area contributed by atoms with E-state index in [1.807, 2.05) is 42.5 Å². The van der Waals surface area contributed by atoms with Crippen LogP contribution in [-0.2, 0) is 19.5 Å². The highest BCUT2D eigenvalue weighted by Crippen LogP contribution is 2.23. The summed E-state index contributed by atoms with van der Waals surface area (Å²) in [6.07, 6.45) is 2.31. The molecule has 0 unspecified atom stereocenters. The Bertz CT molecular complexity index is 1180. The Morgan fingerprint density at radius 2 is 1.80 bits per heavy atom. The largest absolute Gasteiger partial charge is 0.461 e. The van der Waals surface area contributed by atoms with Crippen molar-refractivity contribution in [1.29, 1.82) is 0 Å². The standard InChI is InChI=1S/C24H21N3O3/c28-24-20-16-27(13-12-21(20)25-23(26-24)22-7-4-14-29-22)15-17-8-10-19(11-9-17)30-18-5-2-1-3-6-18/h1-11,14H,12-13,15-16H2,(H,25,26,28). The van der Waals surface area contributed by atoms with Gasteiger partial charge >= 0.3 is 0 Å². The maximum absolute atomic E-state index is 12.6. The van der Waals surface area contributed by atoms with E-state index in [-0.39, 0.29) is 5.56 Å². The van der Waals surface area contributed by atoms with E-state index in [2.05, 4.69) is 27.0 Å². The zero-order valence-electron chi connectivity index (χ0n) is 16.4. The Kier molecular flexibility index (Phi) is 4.91.